The van der Waals surface area contributed by atoms with Crippen LogP contribution in [-0.4, -0.2) is 22.2 Å². The summed E-state index contributed by atoms with van der Waals surface area (Å²) in [4.78, 5) is 22.0. The van der Waals surface area contributed by atoms with Crippen LogP contribution in [0.3, 0.4) is 0 Å². The molecule has 0 atom stereocenters. The lowest BCUT2D eigenvalue weighted by Gasteiger charge is -2.24. The highest BCUT2D eigenvalue weighted by atomic mass is 16.4. The number of aromatic carboxylic acids is 2. The van der Waals surface area contributed by atoms with Crippen LogP contribution in [0.1, 0.15) is 37.4 Å². The summed E-state index contributed by atoms with van der Waals surface area (Å²) >= 11 is 0. The molecule has 0 saturated heterocycles. The van der Waals surface area contributed by atoms with Gasteiger partial charge in [-0.05, 0) is 35.6 Å². The SMILES string of the molecule is C=Cc1cc(C(=O)O)c2c(c1C(=O)O)CC2. The van der Waals surface area contributed by atoms with Crippen LogP contribution in [0.15, 0.2) is 12.6 Å². The van der Waals surface area contributed by atoms with Gasteiger partial charge in [-0.1, -0.05) is 12.7 Å². The molecule has 2 rings (SSSR count). The quantitative estimate of drug-likeness (QED) is 0.811. The fourth-order valence-corrected chi connectivity index (χ4v) is 2.04. The summed E-state index contributed by atoms with van der Waals surface area (Å²) in [5.74, 6) is -2.04. The van der Waals surface area contributed by atoms with Crippen molar-refractivity contribution in [3.05, 3.63) is 40.5 Å². The summed E-state index contributed by atoms with van der Waals surface area (Å²) in [5, 5.41) is 18.1. The molecule has 16 heavy (non-hydrogen) atoms. The van der Waals surface area contributed by atoms with Gasteiger partial charge in [0, 0.05) is 0 Å². The third kappa shape index (κ3) is 1.31. The van der Waals surface area contributed by atoms with Gasteiger partial charge in [0.2, 0.25) is 0 Å². The van der Waals surface area contributed by atoms with E-state index in [2.05, 4.69) is 6.58 Å². The van der Waals surface area contributed by atoms with E-state index in [0.29, 0.717) is 29.5 Å². The summed E-state index contributed by atoms with van der Waals surface area (Å²) in [6, 6.07) is 1.39. The van der Waals surface area contributed by atoms with E-state index in [-0.39, 0.29) is 11.1 Å². The first-order valence-corrected chi connectivity index (χ1v) is 4.84. The number of rotatable bonds is 3. The van der Waals surface area contributed by atoms with Crippen LogP contribution in [0.4, 0.5) is 0 Å². The van der Waals surface area contributed by atoms with E-state index in [9.17, 15) is 9.59 Å². The molecule has 0 heterocycles. The van der Waals surface area contributed by atoms with E-state index in [4.69, 9.17) is 10.2 Å². The van der Waals surface area contributed by atoms with E-state index in [1.165, 1.54) is 12.1 Å². The van der Waals surface area contributed by atoms with Gasteiger partial charge in [-0.3, -0.25) is 0 Å². The topological polar surface area (TPSA) is 74.6 Å². The third-order valence-electron chi connectivity index (χ3n) is 2.87. The molecule has 82 valence electrons. The second kappa shape index (κ2) is 3.48. The van der Waals surface area contributed by atoms with E-state index < -0.39 is 11.9 Å². The molecule has 0 aromatic heterocycles. The summed E-state index contributed by atoms with van der Waals surface area (Å²) in [6.07, 6.45) is 2.64. The largest absolute Gasteiger partial charge is 0.478 e. The zero-order chi connectivity index (χ0) is 11.9. The predicted octanol–water partition coefficient (Wildman–Crippen LogP) is 1.82. The molecule has 0 fully saturated rings. The second-order valence-corrected chi connectivity index (χ2v) is 3.66. The zero-order valence-corrected chi connectivity index (χ0v) is 8.49. The number of fused-ring (bicyclic) bond motifs is 1. The van der Waals surface area contributed by atoms with E-state index in [0.717, 1.165) is 0 Å². The summed E-state index contributed by atoms with van der Waals surface area (Å²) < 4.78 is 0. The van der Waals surface area contributed by atoms with Crippen molar-refractivity contribution >= 4 is 18.0 Å². The van der Waals surface area contributed by atoms with Gasteiger partial charge in [0.05, 0.1) is 11.1 Å². The number of carboxylic acid groups (broad SMARTS) is 2. The minimum Gasteiger partial charge on any atom is -0.478 e. The Morgan fingerprint density at radius 2 is 1.81 bits per heavy atom. The Labute approximate surface area is 91.8 Å². The highest BCUT2D eigenvalue weighted by molar-refractivity contribution is 5.99. The minimum absolute atomic E-state index is 0.196. The fourth-order valence-electron chi connectivity index (χ4n) is 2.04. The number of benzene rings is 1. The molecular formula is C12H10O4. The molecule has 1 aromatic rings. The molecule has 0 bridgehead atoms. The smallest absolute Gasteiger partial charge is 0.336 e. The van der Waals surface area contributed by atoms with Crippen LogP contribution in [0, 0.1) is 0 Å². The average Bonchev–Trinajstić information content (AvgIpc) is 2.17. The Kier molecular flexibility index (Phi) is 2.27. The molecule has 1 aliphatic rings. The maximum atomic E-state index is 11.1. The summed E-state index contributed by atoms with van der Waals surface area (Å²) in [6.45, 7) is 3.51. The minimum atomic E-state index is -1.03. The maximum absolute atomic E-state index is 11.1. The lowest BCUT2D eigenvalue weighted by Crippen LogP contribution is -2.21. The number of carbonyl (C=O) groups is 2. The second-order valence-electron chi connectivity index (χ2n) is 3.66. The predicted molar refractivity (Wildman–Crippen MR) is 57.9 cm³/mol. The van der Waals surface area contributed by atoms with Gasteiger partial charge < -0.3 is 10.2 Å². The van der Waals surface area contributed by atoms with Crippen molar-refractivity contribution in [2.45, 2.75) is 12.8 Å². The van der Waals surface area contributed by atoms with Crippen molar-refractivity contribution in [3.63, 3.8) is 0 Å². The molecule has 1 aromatic carbocycles. The molecule has 0 aliphatic heterocycles. The highest BCUT2D eigenvalue weighted by Crippen LogP contribution is 2.33. The highest BCUT2D eigenvalue weighted by Gasteiger charge is 2.28. The average molecular weight is 218 g/mol. The lowest BCUT2D eigenvalue weighted by atomic mass is 9.79. The van der Waals surface area contributed by atoms with Gasteiger partial charge in [-0.15, -0.1) is 0 Å². The standard InChI is InChI=1S/C12H10O4/c1-2-6-5-9(11(13)14)7-3-4-8(7)10(6)12(15)16/h2,5H,1,3-4H2,(H,13,14)(H,15,16). The molecule has 1 aliphatic carbocycles. The van der Waals surface area contributed by atoms with Gasteiger partial charge in [0.15, 0.2) is 0 Å². The molecular weight excluding hydrogens is 208 g/mol. The maximum Gasteiger partial charge on any atom is 0.336 e. The zero-order valence-electron chi connectivity index (χ0n) is 8.49. The molecule has 0 saturated carbocycles. The van der Waals surface area contributed by atoms with Crippen molar-refractivity contribution in [2.24, 2.45) is 0 Å². The van der Waals surface area contributed by atoms with E-state index in [1.54, 1.807) is 0 Å². The Balaban J connectivity index is 2.75. The van der Waals surface area contributed by atoms with Crippen molar-refractivity contribution < 1.29 is 19.8 Å². The van der Waals surface area contributed by atoms with Gasteiger partial charge in [0.25, 0.3) is 0 Å². The van der Waals surface area contributed by atoms with Crippen LogP contribution in [0.2, 0.25) is 0 Å². The normalized spacial score (nSPS) is 12.5. The molecule has 4 heteroatoms. The molecule has 0 spiro atoms. The number of hydrogen-bond acceptors (Lipinski definition) is 2. The summed E-state index contributed by atoms with van der Waals surface area (Å²) in [7, 11) is 0. The van der Waals surface area contributed by atoms with Crippen LogP contribution in [0.5, 0.6) is 0 Å². The van der Waals surface area contributed by atoms with Crippen LogP contribution in [-0.2, 0) is 12.8 Å². The lowest BCUT2D eigenvalue weighted by molar-refractivity contribution is 0.0677. The molecule has 4 nitrogen and oxygen atoms in total. The molecule has 0 amide bonds. The summed E-state index contributed by atoms with van der Waals surface area (Å²) in [5.41, 5.74) is 2.06. The first-order chi connectivity index (χ1) is 7.56. The van der Waals surface area contributed by atoms with E-state index in [1.807, 2.05) is 0 Å². The molecule has 0 radical (unpaired) electrons. The van der Waals surface area contributed by atoms with E-state index >= 15 is 0 Å². The van der Waals surface area contributed by atoms with Crippen LogP contribution >= 0.6 is 0 Å². The Hall–Kier alpha value is -2.10. The van der Waals surface area contributed by atoms with Gasteiger partial charge >= 0.3 is 11.9 Å². The third-order valence-corrected chi connectivity index (χ3v) is 2.87. The van der Waals surface area contributed by atoms with Gasteiger partial charge in [-0.25, -0.2) is 9.59 Å². The van der Waals surface area contributed by atoms with Crippen molar-refractivity contribution in [1.82, 2.24) is 0 Å². The van der Waals surface area contributed by atoms with Crippen LogP contribution < -0.4 is 0 Å². The Bertz CT molecular complexity index is 514. The number of carboxylic acids is 2. The van der Waals surface area contributed by atoms with Crippen molar-refractivity contribution in [2.75, 3.05) is 0 Å². The van der Waals surface area contributed by atoms with Gasteiger partial charge in [-0.2, -0.15) is 0 Å². The van der Waals surface area contributed by atoms with Crippen molar-refractivity contribution in [3.8, 4) is 0 Å². The Morgan fingerprint density at radius 3 is 2.19 bits per heavy atom. The Morgan fingerprint density at radius 1 is 1.19 bits per heavy atom. The first kappa shape index (κ1) is 10.4. The van der Waals surface area contributed by atoms with Crippen molar-refractivity contribution in [1.29, 1.82) is 0 Å². The van der Waals surface area contributed by atoms with Crippen LogP contribution in [0.25, 0.3) is 6.08 Å². The molecule has 0 unspecified atom stereocenters. The molecule has 2 N–H and O–H groups in total. The first-order valence-electron chi connectivity index (χ1n) is 4.84. The number of hydrogen-bond donors (Lipinski definition) is 2. The monoisotopic (exact) mass is 218 g/mol. The van der Waals surface area contributed by atoms with Gasteiger partial charge in [0.1, 0.15) is 0 Å². The fraction of sp³-hybridized carbons (Fsp3) is 0.167.